The van der Waals surface area contributed by atoms with Crippen LogP contribution in [-0.4, -0.2) is 35.8 Å². The molecule has 1 saturated heterocycles. The highest BCUT2D eigenvalue weighted by Gasteiger charge is 2.16. The van der Waals surface area contributed by atoms with Gasteiger partial charge >= 0.3 is 0 Å². The van der Waals surface area contributed by atoms with Crippen LogP contribution in [0.25, 0.3) is 10.9 Å². The second-order valence-electron chi connectivity index (χ2n) is 4.97. The van der Waals surface area contributed by atoms with E-state index in [4.69, 9.17) is 4.74 Å². The zero-order chi connectivity index (χ0) is 13.8. The van der Waals surface area contributed by atoms with Crippen molar-refractivity contribution in [1.29, 1.82) is 0 Å². The summed E-state index contributed by atoms with van der Waals surface area (Å²) < 4.78 is 5.40. The Morgan fingerprint density at radius 1 is 1.20 bits per heavy atom. The summed E-state index contributed by atoms with van der Waals surface area (Å²) in [7, 11) is 0. The van der Waals surface area contributed by atoms with E-state index in [0.29, 0.717) is 12.0 Å². The van der Waals surface area contributed by atoms with E-state index in [-0.39, 0.29) is 0 Å². The second kappa shape index (κ2) is 6.05. The Morgan fingerprint density at radius 3 is 2.80 bits per heavy atom. The third-order valence-electron chi connectivity index (χ3n) is 3.50. The molecule has 1 aromatic heterocycles. The lowest BCUT2D eigenvalue weighted by Crippen LogP contribution is -2.28. The number of para-hydroxylation sites is 1. The van der Waals surface area contributed by atoms with Gasteiger partial charge in [-0.05, 0) is 31.9 Å². The Balaban J connectivity index is 1.93. The Morgan fingerprint density at radius 2 is 2.00 bits per heavy atom. The summed E-state index contributed by atoms with van der Waals surface area (Å²) in [5.74, 6) is 1.60. The topological polar surface area (TPSA) is 59.1 Å². The highest BCUT2D eigenvalue weighted by atomic mass is 16.5. The highest BCUT2D eigenvalue weighted by molar-refractivity contribution is 5.90. The molecule has 2 N–H and O–H groups in total. The largest absolute Gasteiger partial charge is 0.381 e. The van der Waals surface area contributed by atoms with E-state index < -0.39 is 0 Å². The molecule has 1 aromatic carbocycles. The van der Waals surface area contributed by atoms with Crippen molar-refractivity contribution in [3.05, 3.63) is 24.3 Å². The van der Waals surface area contributed by atoms with E-state index in [2.05, 4.69) is 26.7 Å². The van der Waals surface area contributed by atoms with Gasteiger partial charge in [-0.2, -0.15) is 4.98 Å². The monoisotopic (exact) mass is 272 g/mol. The van der Waals surface area contributed by atoms with Crippen molar-refractivity contribution in [2.75, 3.05) is 30.4 Å². The molecule has 2 aromatic rings. The summed E-state index contributed by atoms with van der Waals surface area (Å²) >= 11 is 0. The number of anilines is 2. The smallest absolute Gasteiger partial charge is 0.225 e. The summed E-state index contributed by atoms with van der Waals surface area (Å²) in [4.78, 5) is 9.14. The molecule has 1 aliphatic rings. The number of nitrogens with one attached hydrogen (secondary N) is 2. The molecule has 20 heavy (non-hydrogen) atoms. The first-order valence-electron chi connectivity index (χ1n) is 7.21. The number of hydrogen-bond donors (Lipinski definition) is 2. The van der Waals surface area contributed by atoms with Gasteiger partial charge in [-0.3, -0.25) is 0 Å². The number of fused-ring (bicyclic) bond motifs is 1. The maximum absolute atomic E-state index is 5.40. The van der Waals surface area contributed by atoms with Gasteiger partial charge in [0.1, 0.15) is 5.82 Å². The van der Waals surface area contributed by atoms with Crippen molar-refractivity contribution in [1.82, 2.24) is 9.97 Å². The Labute approximate surface area is 118 Å². The number of hydrogen-bond acceptors (Lipinski definition) is 5. The average Bonchev–Trinajstić information content (AvgIpc) is 2.49. The average molecular weight is 272 g/mol. The fraction of sp³-hybridized carbons (Fsp3) is 0.467. The molecular formula is C15H20N4O. The van der Waals surface area contributed by atoms with Crippen LogP contribution in [0, 0.1) is 0 Å². The molecule has 0 amide bonds. The number of rotatable bonds is 4. The van der Waals surface area contributed by atoms with Crippen molar-refractivity contribution in [2.24, 2.45) is 0 Å². The molecule has 0 spiro atoms. The molecule has 0 atom stereocenters. The van der Waals surface area contributed by atoms with Gasteiger partial charge in [0.05, 0.1) is 5.52 Å². The molecule has 106 valence electrons. The number of benzene rings is 1. The van der Waals surface area contributed by atoms with Crippen LogP contribution in [0.1, 0.15) is 19.8 Å². The molecule has 3 rings (SSSR count). The normalized spacial score (nSPS) is 16.2. The van der Waals surface area contributed by atoms with E-state index in [1.807, 2.05) is 25.1 Å². The Hall–Kier alpha value is -1.88. The fourth-order valence-corrected chi connectivity index (χ4v) is 2.46. The lowest BCUT2D eigenvalue weighted by molar-refractivity contribution is 0.0904. The number of ether oxygens (including phenoxy) is 1. The number of aromatic nitrogens is 2. The molecule has 0 aliphatic carbocycles. The summed E-state index contributed by atoms with van der Waals surface area (Å²) in [5, 5.41) is 7.81. The lowest BCUT2D eigenvalue weighted by atomic mass is 10.1. The molecule has 5 nitrogen and oxygen atoms in total. The van der Waals surface area contributed by atoms with Crippen molar-refractivity contribution in [2.45, 2.75) is 25.8 Å². The summed E-state index contributed by atoms with van der Waals surface area (Å²) in [6.07, 6.45) is 2.05. The van der Waals surface area contributed by atoms with Gasteiger partial charge in [0.15, 0.2) is 0 Å². The van der Waals surface area contributed by atoms with Gasteiger partial charge in [0, 0.05) is 31.2 Å². The molecular weight excluding hydrogens is 252 g/mol. The van der Waals surface area contributed by atoms with Crippen LogP contribution in [0.4, 0.5) is 11.8 Å². The zero-order valence-corrected chi connectivity index (χ0v) is 11.7. The minimum Gasteiger partial charge on any atom is -0.381 e. The quantitative estimate of drug-likeness (QED) is 0.896. The third-order valence-corrected chi connectivity index (χ3v) is 3.50. The first kappa shape index (κ1) is 13.1. The van der Waals surface area contributed by atoms with Gasteiger partial charge < -0.3 is 15.4 Å². The summed E-state index contributed by atoms with van der Waals surface area (Å²) in [6, 6.07) is 8.54. The maximum atomic E-state index is 5.40. The van der Waals surface area contributed by atoms with E-state index >= 15 is 0 Å². The van der Waals surface area contributed by atoms with Crippen LogP contribution >= 0.6 is 0 Å². The van der Waals surface area contributed by atoms with Gasteiger partial charge in [0.2, 0.25) is 5.95 Å². The standard InChI is InChI=1S/C15H20N4O/c1-2-16-15-18-13-6-4-3-5-12(13)14(19-15)17-11-7-9-20-10-8-11/h3-6,11H,2,7-10H2,1H3,(H2,16,17,18,19). The molecule has 0 saturated carbocycles. The Bertz CT molecular complexity index is 581. The zero-order valence-electron chi connectivity index (χ0n) is 11.7. The third kappa shape index (κ3) is 2.82. The van der Waals surface area contributed by atoms with Crippen LogP contribution in [0.2, 0.25) is 0 Å². The van der Waals surface area contributed by atoms with Crippen molar-refractivity contribution < 1.29 is 4.74 Å². The van der Waals surface area contributed by atoms with Crippen LogP contribution < -0.4 is 10.6 Å². The maximum Gasteiger partial charge on any atom is 0.225 e. The minimum absolute atomic E-state index is 0.427. The molecule has 2 heterocycles. The lowest BCUT2D eigenvalue weighted by Gasteiger charge is -2.24. The molecule has 1 fully saturated rings. The van der Waals surface area contributed by atoms with E-state index in [0.717, 1.165) is 49.3 Å². The molecule has 5 heteroatoms. The fourth-order valence-electron chi connectivity index (χ4n) is 2.46. The van der Waals surface area contributed by atoms with Crippen molar-refractivity contribution in [3.8, 4) is 0 Å². The second-order valence-corrected chi connectivity index (χ2v) is 4.97. The van der Waals surface area contributed by atoms with Crippen molar-refractivity contribution in [3.63, 3.8) is 0 Å². The summed E-state index contributed by atoms with van der Waals surface area (Å²) in [6.45, 7) is 4.50. The molecule has 0 bridgehead atoms. The minimum atomic E-state index is 0.427. The van der Waals surface area contributed by atoms with Gasteiger partial charge in [-0.15, -0.1) is 0 Å². The van der Waals surface area contributed by atoms with E-state index in [9.17, 15) is 0 Å². The predicted molar refractivity (Wildman–Crippen MR) is 81.2 cm³/mol. The van der Waals surface area contributed by atoms with Crippen LogP contribution in [0.5, 0.6) is 0 Å². The van der Waals surface area contributed by atoms with Crippen LogP contribution in [0.3, 0.4) is 0 Å². The first-order valence-corrected chi connectivity index (χ1v) is 7.21. The highest BCUT2D eigenvalue weighted by Crippen LogP contribution is 2.24. The van der Waals surface area contributed by atoms with Crippen LogP contribution in [-0.2, 0) is 4.74 Å². The van der Waals surface area contributed by atoms with Gasteiger partial charge in [0.25, 0.3) is 0 Å². The Kier molecular flexibility index (Phi) is 3.97. The first-order chi connectivity index (χ1) is 9.86. The van der Waals surface area contributed by atoms with Crippen molar-refractivity contribution >= 4 is 22.7 Å². The number of nitrogens with zero attached hydrogens (tertiary/aromatic N) is 2. The van der Waals surface area contributed by atoms with Gasteiger partial charge in [-0.1, -0.05) is 12.1 Å². The van der Waals surface area contributed by atoms with Gasteiger partial charge in [-0.25, -0.2) is 4.98 Å². The predicted octanol–water partition coefficient (Wildman–Crippen LogP) is 2.65. The van der Waals surface area contributed by atoms with E-state index in [1.165, 1.54) is 0 Å². The SMILES string of the molecule is CCNc1nc(NC2CCOCC2)c2ccccc2n1. The molecule has 1 aliphatic heterocycles. The summed E-state index contributed by atoms with van der Waals surface area (Å²) in [5.41, 5.74) is 0.966. The van der Waals surface area contributed by atoms with E-state index in [1.54, 1.807) is 0 Å². The molecule has 0 unspecified atom stereocenters. The van der Waals surface area contributed by atoms with Crippen LogP contribution in [0.15, 0.2) is 24.3 Å². The molecule has 0 radical (unpaired) electrons.